The molecule has 0 spiro atoms. The van der Waals surface area contributed by atoms with Gasteiger partial charge in [-0.05, 0) is 24.7 Å². The smallest absolute Gasteiger partial charge is 0.225 e. The highest BCUT2D eigenvalue weighted by Crippen LogP contribution is 2.31. The van der Waals surface area contributed by atoms with Gasteiger partial charge < -0.3 is 10.0 Å². The van der Waals surface area contributed by atoms with Crippen molar-refractivity contribution in [1.82, 2.24) is 4.90 Å². The molecule has 1 atom stereocenters. The summed E-state index contributed by atoms with van der Waals surface area (Å²) in [5, 5.41) is 9.44. The maximum Gasteiger partial charge on any atom is 0.225 e. The normalized spacial score (nSPS) is 17.9. The molecule has 0 aliphatic heterocycles. The Morgan fingerprint density at radius 2 is 1.88 bits per heavy atom. The maximum absolute atomic E-state index is 12.1. The van der Waals surface area contributed by atoms with Gasteiger partial charge in [-0.1, -0.05) is 27.7 Å². The molecule has 0 aromatic rings. The molecule has 1 aliphatic carbocycles. The molecule has 1 rings (SSSR count). The standard InChI is InChI=1S/C13H25NO2/c1-9(2)12(8-15)14(7-11-5-6-11)13(16)10(3)4/h9-12,15H,5-8H2,1-4H3/t12-/m0/s1. The molecule has 0 heterocycles. The van der Waals surface area contributed by atoms with E-state index in [0.29, 0.717) is 11.8 Å². The van der Waals surface area contributed by atoms with Crippen LogP contribution in [0.25, 0.3) is 0 Å². The van der Waals surface area contributed by atoms with Crippen molar-refractivity contribution < 1.29 is 9.90 Å². The molecule has 1 N–H and O–H groups in total. The van der Waals surface area contributed by atoms with E-state index in [1.165, 1.54) is 12.8 Å². The minimum Gasteiger partial charge on any atom is -0.394 e. The first kappa shape index (κ1) is 13.5. The molecule has 0 aromatic carbocycles. The van der Waals surface area contributed by atoms with Crippen LogP contribution >= 0.6 is 0 Å². The zero-order valence-electron chi connectivity index (χ0n) is 10.9. The first-order valence-electron chi connectivity index (χ1n) is 6.38. The van der Waals surface area contributed by atoms with Crippen LogP contribution in [0, 0.1) is 17.8 Å². The predicted octanol–water partition coefficient (Wildman–Crippen LogP) is 1.90. The van der Waals surface area contributed by atoms with E-state index in [0.717, 1.165) is 6.54 Å². The van der Waals surface area contributed by atoms with E-state index in [2.05, 4.69) is 13.8 Å². The average Bonchev–Trinajstić information content (AvgIpc) is 2.99. The topological polar surface area (TPSA) is 40.5 Å². The van der Waals surface area contributed by atoms with Crippen molar-refractivity contribution in [3.8, 4) is 0 Å². The van der Waals surface area contributed by atoms with E-state index in [4.69, 9.17) is 0 Å². The van der Waals surface area contributed by atoms with Gasteiger partial charge in [-0.15, -0.1) is 0 Å². The van der Waals surface area contributed by atoms with Crippen molar-refractivity contribution in [2.24, 2.45) is 17.8 Å². The third-order valence-electron chi connectivity index (χ3n) is 3.29. The minimum atomic E-state index is -0.0181. The Morgan fingerprint density at radius 1 is 1.31 bits per heavy atom. The van der Waals surface area contributed by atoms with Crippen LogP contribution in [0.5, 0.6) is 0 Å². The fourth-order valence-corrected chi connectivity index (χ4v) is 1.97. The second kappa shape index (κ2) is 5.67. The second-order valence-corrected chi connectivity index (χ2v) is 5.58. The number of rotatable bonds is 6. The third-order valence-corrected chi connectivity index (χ3v) is 3.29. The number of nitrogens with zero attached hydrogens (tertiary/aromatic N) is 1. The number of carbonyl (C=O) groups excluding carboxylic acids is 1. The highest BCUT2D eigenvalue weighted by Gasteiger charge is 2.32. The Balaban J connectivity index is 2.70. The zero-order valence-corrected chi connectivity index (χ0v) is 10.9. The lowest BCUT2D eigenvalue weighted by atomic mass is 10.0. The molecule has 1 fully saturated rings. The molecule has 0 unspecified atom stereocenters. The molecule has 0 aromatic heterocycles. The van der Waals surface area contributed by atoms with Gasteiger partial charge in [0.05, 0.1) is 12.6 Å². The molecule has 0 saturated heterocycles. The lowest BCUT2D eigenvalue weighted by Crippen LogP contribution is -2.48. The van der Waals surface area contributed by atoms with E-state index in [1.54, 1.807) is 0 Å². The summed E-state index contributed by atoms with van der Waals surface area (Å²) in [5.41, 5.74) is 0. The molecule has 1 saturated carbocycles. The van der Waals surface area contributed by atoms with E-state index in [1.807, 2.05) is 18.7 Å². The molecule has 1 aliphatic rings. The molecule has 0 radical (unpaired) electrons. The van der Waals surface area contributed by atoms with Crippen molar-refractivity contribution >= 4 is 5.91 Å². The number of hydrogen-bond acceptors (Lipinski definition) is 2. The summed E-state index contributed by atoms with van der Waals surface area (Å²) >= 11 is 0. The van der Waals surface area contributed by atoms with Gasteiger partial charge in [0.2, 0.25) is 5.91 Å². The van der Waals surface area contributed by atoms with Crippen LogP contribution in [0.1, 0.15) is 40.5 Å². The predicted molar refractivity (Wildman–Crippen MR) is 65.0 cm³/mol. The zero-order chi connectivity index (χ0) is 12.3. The van der Waals surface area contributed by atoms with E-state index >= 15 is 0 Å². The fourth-order valence-electron chi connectivity index (χ4n) is 1.97. The van der Waals surface area contributed by atoms with Crippen molar-refractivity contribution in [1.29, 1.82) is 0 Å². The highest BCUT2D eigenvalue weighted by molar-refractivity contribution is 5.78. The van der Waals surface area contributed by atoms with E-state index in [-0.39, 0.29) is 24.5 Å². The molecular weight excluding hydrogens is 202 g/mol. The van der Waals surface area contributed by atoms with E-state index < -0.39 is 0 Å². The number of aliphatic hydroxyl groups excluding tert-OH is 1. The van der Waals surface area contributed by atoms with Crippen molar-refractivity contribution in [2.75, 3.05) is 13.2 Å². The highest BCUT2D eigenvalue weighted by atomic mass is 16.3. The summed E-state index contributed by atoms with van der Waals surface area (Å²) < 4.78 is 0. The summed E-state index contributed by atoms with van der Waals surface area (Å²) in [6.07, 6.45) is 2.47. The average molecular weight is 227 g/mol. The molecule has 1 amide bonds. The van der Waals surface area contributed by atoms with Crippen LogP contribution in [0.3, 0.4) is 0 Å². The molecule has 16 heavy (non-hydrogen) atoms. The Kier molecular flexibility index (Phi) is 4.78. The lowest BCUT2D eigenvalue weighted by Gasteiger charge is -2.34. The molecule has 3 heteroatoms. The van der Waals surface area contributed by atoms with Crippen LogP contribution < -0.4 is 0 Å². The summed E-state index contributed by atoms with van der Waals surface area (Å²) in [6, 6.07) is -0.0181. The van der Waals surface area contributed by atoms with E-state index in [9.17, 15) is 9.90 Å². The van der Waals surface area contributed by atoms with Gasteiger partial charge in [-0.2, -0.15) is 0 Å². The largest absolute Gasteiger partial charge is 0.394 e. The second-order valence-electron chi connectivity index (χ2n) is 5.58. The van der Waals surface area contributed by atoms with Crippen LogP contribution in [-0.4, -0.2) is 35.1 Å². The number of carbonyl (C=O) groups is 1. The summed E-state index contributed by atoms with van der Waals surface area (Å²) in [7, 11) is 0. The van der Waals surface area contributed by atoms with Crippen molar-refractivity contribution in [3.05, 3.63) is 0 Å². The molecule has 94 valence electrons. The van der Waals surface area contributed by atoms with Gasteiger partial charge in [0.25, 0.3) is 0 Å². The van der Waals surface area contributed by atoms with Crippen molar-refractivity contribution in [2.45, 2.75) is 46.6 Å². The summed E-state index contributed by atoms with van der Waals surface area (Å²) in [4.78, 5) is 14.0. The Bertz CT molecular complexity index is 234. The fraction of sp³-hybridized carbons (Fsp3) is 0.923. The Hall–Kier alpha value is -0.570. The third kappa shape index (κ3) is 3.48. The molecular formula is C13H25NO2. The van der Waals surface area contributed by atoms with Crippen LogP contribution in [0.2, 0.25) is 0 Å². The minimum absolute atomic E-state index is 0.0181. The van der Waals surface area contributed by atoms with Crippen LogP contribution in [0.15, 0.2) is 0 Å². The van der Waals surface area contributed by atoms with Crippen LogP contribution in [0.4, 0.5) is 0 Å². The quantitative estimate of drug-likeness (QED) is 0.753. The van der Waals surface area contributed by atoms with Gasteiger partial charge >= 0.3 is 0 Å². The number of amides is 1. The Labute approximate surface area is 98.8 Å². The first-order chi connectivity index (χ1) is 7.47. The first-order valence-corrected chi connectivity index (χ1v) is 6.38. The molecule has 0 bridgehead atoms. The van der Waals surface area contributed by atoms with Crippen LogP contribution in [-0.2, 0) is 4.79 Å². The summed E-state index contributed by atoms with van der Waals surface area (Å²) in [6.45, 7) is 8.89. The number of hydrogen-bond donors (Lipinski definition) is 1. The van der Waals surface area contributed by atoms with Gasteiger partial charge in [0, 0.05) is 12.5 Å². The van der Waals surface area contributed by atoms with Crippen molar-refractivity contribution in [3.63, 3.8) is 0 Å². The van der Waals surface area contributed by atoms with Gasteiger partial charge in [-0.3, -0.25) is 4.79 Å². The molecule has 3 nitrogen and oxygen atoms in total. The monoisotopic (exact) mass is 227 g/mol. The Morgan fingerprint density at radius 3 is 2.19 bits per heavy atom. The van der Waals surface area contributed by atoms with Gasteiger partial charge in [-0.25, -0.2) is 0 Å². The number of aliphatic hydroxyl groups is 1. The maximum atomic E-state index is 12.1. The SMILES string of the molecule is CC(C)C(=O)N(CC1CC1)[C@@H](CO)C(C)C. The lowest BCUT2D eigenvalue weighted by molar-refractivity contribution is -0.139. The van der Waals surface area contributed by atoms with Gasteiger partial charge in [0.1, 0.15) is 0 Å². The van der Waals surface area contributed by atoms with Gasteiger partial charge in [0.15, 0.2) is 0 Å². The summed E-state index contributed by atoms with van der Waals surface area (Å²) in [5.74, 6) is 1.19.